The van der Waals surface area contributed by atoms with Crippen LogP contribution in [0, 0.1) is 0 Å². The monoisotopic (exact) mass is 646 g/mol. The molecule has 0 aromatic heterocycles. The molecule has 3 aromatic carbocycles. The van der Waals surface area contributed by atoms with Crippen LogP contribution >= 0.6 is 0 Å². The number of ether oxygens (including phenoxy) is 6. The van der Waals surface area contributed by atoms with E-state index in [0.29, 0.717) is 62.5 Å². The molecule has 3 atom stereocenters. The van der Waals surface area contributed by atoms with Gasteiger partial charge < -0.3 is 43.7 Å². The first-order valence-corrected chi connectivity index (χ1v) is 16.0. The second-order valence-corrected chi connectivity index (χ2v) is 12.9. The normalized spacial score (nSPS) is 18.9. The number of hydrogen-bond donors (Lipinski definition) is 2. The summed E-state index contributed by atoms with van der Waals surface area (Å²) in [5.41, 5.74) is 2.76. The molecule has 0 spiro atoms. The summed E-state index contributed by atoms with van der Waals surface area (Å²) in [6.45, 7) is 7.22. The van der Waals surface area contributed by atoms with Crippen LogP contribution in [0.2, 0.25) is 0 Å². The maximum Gasteiger partial charge on any atom is 0.408 e. The molecule has 3 heterocycles. The van der Waals surface area contributed by atoms with Gasteiger partial charge in [-0.25, -0.2) is 4.79 Å². The highest BCUT2D eigenvalue weighted by molar-refractivity contribution is 5.87. The zero-order valence-corrected chi connectivity index (χ0v) is 27.0. The molecule has 0 bridgehead atoms. The summed E-state index contributed by atoms with van der Waals surface area (Å²) in [5.74, 6) is 2.06. The highest BCUT2D eigenvalue weighted by atomic mass is 16.6. The highest BCUT2D eigenvalue weighted by Gasteiger charge is 2.42. The molecule has 11 nitrogen and oxygen atoms in total. The first-order valence-electron chi connectivity index (χ1n) is 16.0. The van der Waals surface area contributed by atoms with Crippen LogP contribution in [-0.4, -0.2) is 79.3 Å². The van der Waals surface area contributed by atoms with Crippen molar-refractivity contribution >= 4 is 12.0 Å². The second kappa shape index (κ2) is 14.1. The topological polar surface area (TPSA) is 125 Å². The van der Waals surface area contributed by atoms with Crippen LogP contribution in [0.4, 0.5) is 4.79 Å². The van der Waals surface area contributed by atoms with Crippen LogP contribution in [0.1, 0.15) is 49.1 Å². The fraction of sp³-hybridized carbons (Fsp3) is 0.444. The number of rotatable bonds is 9. The molecule has 2 N–H and O–H groups in total. The van der Waals surface area contributed by atoms with Gasteiger partial charge in [-0.2, -0.15) is 0 Å². The Morgan fingerprint density at radius 3 is 2.23 bits per heavy atom. The molecule has 3 aromatic rings. The fourth-order valence-corrected chi connectivity index (χ4v) is 6.19. The van der Waals surface area contributed by atoms with Crippen LogP contribution in [0.15, 0.2) is 60.7 Å². The number of amides is 2. The minimum absolute atomic E-state index is 0.146. The standard InChI is InChI=1S/C36H42N2O9/c1-36(2,3)47-35(41)37-28(15-24-9-10-30-31(16-24)44-12-11-43-30)34(40)38-26(20-39)17-25-18-32-33(46-14-13-45-32)19-27(25)29(38)22-42-21-23-7-5-4-6-8-23/h4-10,16,18-19,26,28-29,39H,11-15,17,20-22H2,1-3H3,(H,37,41). The third-order valence-corrected chi connectivity index (χ3v) is 8.24. The Labute approximate surface area is 274 Å². The smallest absolute Gasteiger partial charge is 0.408 e. The van der Waals surface area contributed by atoms with E-state index >= 15 is 0 Å². The van der Waals surface area contributed by atoms with Crippen molar-refractivity contribution in [3.05, 3.63) is 82.9 Å². The molecule has 0 saturated carbocycles. The molecule has 6 rings (SSSR count). The summed E-state index contributed by atoms with van der Waals surface area (Å²) < 4.78 is 35.1. The number of nitrogens with one attached hydrogen (secondary N) is 1. The van der Waals surface area contributed by atoms with Gasteiger partial charge >= 0.3 is 6.09 Å². The van der Waals surface area contributed by atoms with Gasteiger partial charge in [0.25, 0.3) is 0 Å². The number of nitrogens with zero attached hydrogens (tertiary/aromatic N) is 1. The van der Waals surface area contributed by atoms with Gasteiger partial charge in [-0.1, -0.05) is 36.4 Å². The third kappa shape index (κ3) is 7.74. The maximum atomic E-state index is 14.8. The molecule has 11 heteroatoms. The van der Waals surface area contributed by atoms with Crippen molar-refractivity contribution in [2.45, 2.75) is 63.9 Å². The largest absolute Gasteiger partial charge is 0.486 e. The number of carbonyl (C=O) groups excluding carboxylic acids is 2. The predicted octanol–water partition coefficient (Wildman–Crippen LogP) is 4.37. The Balaban J connectivity index is 1.34. The van der Waals surface area contributed by atoms with Gasteiger partial charge in [0.15, 0.2) is 23.0 Å². The van der Waals surface area contributed by atoms with E-state index in [1.54, 1.807) is 31.7 Å². The summed E-state index contributed by atoms with van der Waals surface area (Å²) in [4.78, 5) is 29.6. The van der Waals surface area contributed by atoms with Crippen LogP contribution in [-0.2, 0) is 33.7 Å². The van der Waals surface area contributed by atoms with Crippen LogP contribution in [0.25, 0.3) is 0 Å². The molecular weight excluding hydrogens is 604 g/mol. The summed E-state index contributed by atoms with van der Waals surface area (Å²) >= 11 is 0. The van der Waals surface area contributed by atoms with Gasteiger partial charge in [-0.15, -0.1) is 0 Å². The third-order valence-electron chi connectivity index (χ3n) is 8.24. The molecule has 3 aliphatic heterocycles. The molecule has 0 saturated heterocycles. The summed E-state index contributed by atoms with van der Waals surface area (Å²) in [7, 11) is 0. The Bertz CT molecular complexity index is 1570. The van der Waals surface area contributed by atoms with E-state index in [-0.39, 0.29) is 25.5 Å². The summed E-state index contributed by atoms with van der Waals surface area (Å²) in [6, 6.07) is 16.9. The van der Waals surface area contributed by atoms with Crippen molar-refractivity contribution in [1.82, 2.24) is 10.2 Å². The van der Waals surface area contributed by atoms with E-state index in [2.05, 4.69) is 5.32 Å². The number of fused-ring (bicyclic) bond motifs is 3. The SMILES string of the molecule is CC(C)(C)OC(=O)NC(Cc1ccc2c(c1)OCCO2)C(=O)N1C(CO)Cc2cc3c(cc2C1COCc1ccccc1)OCCO3. The molecule has 47 heavy (non-hydrogen) atoms. The van der Waals surface area contributed by atoms with Crippen LogP contribution in [0.5, 0.6) is 23.0 Å². The Morgan fingerprint density at radius 2 is 1.55 bits per heavy atom. The van der Waals surface area contributed by atoms with Crippen molar-refractivity contribution in [2.75, 3.05) is 39.6 Å². The van der Waals surface area contributed by atoms with Crippen LogP contribution < -0.4 is 24.3 Å². The van der Waals surface area contributed by atoms with Gasteiger partial charge in [-0.3, -0.25) is 4.79 Å². The van der Waals surface area contributed by atoms with Crippen molar-refractivity contribution in [3.63, 3.8) is 0 Å². The minimum Gasteiger partial charge on any atom is -0.486 e. The summed E-state index contributed by atoms with van der Waals surface area (Å²) in [6.07, 6.45) is -0.190. The number of hydrogen-bond acceptors (Lipinski definition) is 9. The molecule has 0 aliphatic carbocycles. The highest BCUT2D eigenvalue weighted by Crippen LogP contribution is 2.42. The molecule has 3 aliphatic rings. The number of carbonyl (C=O) groups is 2. The minimum atomic E-state index is -1.03. The first kappa shape index (κ1) is 32.5. The number of benzene rings is 3. The van der Waals surface area contributed by atoms with E-state index in [4.69, 9.17) is 28.4 Å². The van der Waals surface area contributed by atoms with Gasteiger partial charge in [0.1, 0.15) is 38.1 Å². The lowest BCUT2D eigenvalue weighted by molar-refractivity contribution is -0.143. The fourth-order valence-electron chi connectivity index (χ4n) is 6.19. The Morgan fingerprint density at radius 1 is 0.894 bits per heavy atom. The quantitative estimate of drug-likeness (QED) is 0.349. The number of alkyl carbamates (subject to hydrolysis) is 1. The van der Waals surface area contributed by atoms with E-state index < -0.39 is 29.8 Å². The van der Waals surface area contributed by atoms with Crippen molar-refractivity contribution in [2.24, 2.45) is 0 Å². The number of aliphatic hydroxyl groups is 1. The first-order chi connectivity index (χ1) is 22.7. The molecule has 0 radical (unpaired) electrons. The lowest BCUT2D eigenvalue weighted by Crippen LogP contribution is -2.58. The van der Waals surface area contributed by atoms with E-state index in [0.717, 1.165) is 22.3 Å². The van der Waals surface area contributed by atoms with Crippen molar-refractivity contribution in [1.29, 1.82) is 0 Å². The van der Waals surface area contributed by atoms with E-state index in [1.807, 2.05) is 54.6 Å². The predicted molar refractivity (Wildman–Crippen MR) is 172 cm³/mol. The average Bonchev–Trinajstić information content (AvgIpc) is 3.06. The van der Waals surface area contributed by atoms with Gasteiger partial charge in [0.2, 0.25) is 5.91 Å². The van der Waals surface area contributed by atoms with E-state index in [1.165, 1.54) is 0 Å². The van der Waals surface area contributed by atoms with Gasteiger partial charge in [0.05, 0.1) is 31.9 Å². The van der Waals surface area contributed by atoms with Crippen molar-refractivity contribution < 1.29 is 43.1 Å². The lowest BCUT2D eigenvalue weighted by Gasteiger charge is -2.44. The molecule has 250 valence electrons. The second-order valence-electron chi connectivity index (χ2n) is 12.9. The average molecular weight is 647 g/mol. The van der Waals surface area contributed by atoms with Crippen LogP contribution in [0.3, 0.4) is 0 Å². The van der Waals surface area contributed by atoms with Gasteiger partial charge in [0, 0.05) is 6.42 Å². The Kier molecular flexibility index (Phi) is 9.74. The molecule has 2 amide bonds. The van der Waals surface area contributed by atoms with Gasteiger partial charge in [-0.05, 0) is 73.7 Å². The lowest BCUT2D eigenvalue weighted by atomic mass is 9.87. The molecule has 0 fully saturated rings. The van der Waals surface area contributed by atoms with E-state index in [9.17, 15) is 14.7 Å². The summed E-state index contributed by atoms with van der Waals surface area (Å²) in [5, 5.41) is 13.5. The number of aliphatic hydroxyl groups excluding tert-OH is 1. The molecular formula is C36H42N2O9. The zero-order valence-electron chi connectivity index (χ0n) is 27.0. The molecule has 3 unspecified atom stereocenters. The zero-order chi connectivity index (χ0) is 33.0. The maximum absolute atomic E-state index is 14.8. The Hall–Kier alpha value is -4.48. The van der Waals surface area contributed by atoms with Crippen molar-refractivity contribution in [3.8, 4) is 23.0 Å².